The maximum absolute atomic E-state index is 2.57. The Balaban J connectivity index is 2.20. The summed E-state index contributed by atoms with van der Waals surface area (Å²) in [7, 11) is -2.45. The minimum Gasteiger partial charge on any atom is -0.0793 e. The van der Waals surface area contributed by atoms with Crippen LogP contribution in [0.25, 0.3) is 0 Å². The molecule has 3 aromatic rings. The lowest BCUT2D eigenvalue weighted by Gasteiger charge is -2.39. The Morgan fingerprint density at radius 1 is 0.417 bits per heavy atom. The van der Waals surface area contributed by atoms with Gasteiger partial charge in [0.15, 0.2) is 8.07 Å². The van der Waals surface area contributed by atoms with Gasteiger partial charge in [0.1, 0.15) is 0 Å². The summed E-state index contributed by atoms with van der Waals surface area (Å²) in [5, 5.41) is 4.72. The highest BCUT2D eigenvalue weighted by atomic mass is 28.3. The van der Waals surface area contributed by atoms with E-state index in [-0.39, 0.29) is 0 Å². The highest BCUT2D eigenvalue weighted by molar-refractivity contribution is 7.13. The molecule has 0 aliphatic heterocycles. The van der Waals surface area contributed by atoms with E-state index >= 15 is 0 Å². The lowest BCUT2D eigenvalue weighted by Crippen LogP contribution is -2.69. The van der Waals surface area contributed by atoms with E-state index in [1.165, 1.54) is 33.4 Å². The zero-order chi connectivity index (χ0) is 25.7. The molecule has 0 N–H and O–H groups in total. The molecule has 0 amide bonds. The lowest BCUT2D eigenvalue weighted by atomic mass is 10.1. The number of hydrogen-bond donors (Lipinski definition) is 0. The third kappa shape index (κ3) is 4.96. The predicted molar refractivity (Wildman–Crippen MR) is 162 cm³/mol. The first kappa shape index (κ1) is 26.4. The molecular weight excluding hydrogens is 448 g/mol. The van der Waals surface area contributed by atoms with Crippen LogP contribution in [0.1, 0.15) is 74.9 Å². The van der Waals surface area contributed by atoms with E-state index in [0.29, 0.717) is 5.54 Å². The van der Waals surface area contributed by atoms with Gasteiger partial charge in [-0.05, 0) is 87.5 Å². The van der Waals surface area contributed by atoms with Crippen LogP contribution in [-0.2, 0) is 38.5 Å². The molecule has 0 atom stereocenters. The molecule has 1 aliphatic rings. The monoisotopic (exact) mass is 492 g/mol. The van der Waals surface area contributed by atoms with Crippen molar-refractivity contribution in [2.75, 3.05) is 0 Å². The fourth-order valence-electron chi connectivity index (χ4n) is 5.99. The van der Waals surface area contributed by atoms with Gasteiger partial charge in [-0.2, -0.15) is 0 Å². The Morgan fingerprint density at radius 3 is 0.889 bits per heavy atom. The molecule has 188 valence electrons. The molecule has 0 fully saturated rings. The van der Waals surface area contributed by atoms with Crippen LogP contribution in [0, 0.1) is 0 Å². The molecule has 4 rings (SSSR count). The summed E-state index contributed by atoms with van der Waals surface area (Å²) in [6, 6.07) is 22.7. The average molecular weight is 493 g/mol. The molecule has 36 heavy (non-hydrogen) atoms. The standard InChI is InChI=1S/C35H44Si/c1-7-26-17-27(8-2)21-33(20-26)36(32-15-13-14-16-32,34-22-28(9-3)18-29(10-4)23-34)35-24-30(11-5)19-31(12-6)25-35/h13-25,32H,7-12H2,1-6H3. The van der Waals surface area contributed by atoms with E-state index in [1.54, 1.807) is 15.6 Å². The quantitative estimate of drug-likeness (QED) is 0.211. The van der Waals surface area contributed by atoms with Gasteiger partial charge < -0.3 is 0 Å². The Morgan fingerprint density at radius 2 is 0.667 bits per heavy atom. The van der Waals surface area contributed by atoms with Crippen LogP contribution in [0.15, 0.2) is 78.9 Å². The first-order valence-corrected chi connectivity index (χ1v) is 16.3. The summed E-state index contributed by atoms with van der Waals surface area (Å²) in [5.41, 5.74) is 9.22. The Bertz CT molecular complexity index is 1050. The topological polar surface area (TPSA) is 0 Å². The summed E-state index contributed by atoms with van der Waals surface area (Å²) < 4.78 is 0. The van der Waals surface area contributed by atoms with Crippen LogP contribution in [0.4, 0.5) is 0 Å². The van der Waals surface area contributed by atoms with Crippen molar-refractivity contribution in [2.24, 2.45) is 0 Å². The molecule has 0 spiro atoms. The van der Waals surface area contributed by atoms with Crippen molar-refractivity contribution in [1.29, 1.82) is 0 Å². The van der Waals surface area contributed by atoms with Gasteiger partial charge in [-0.1, -0.05) is 120 Å². The second kappa shape index (κ2) is 11.6. The first-order valence-electron chi connectivity index (χ1n) is 14.3. The van der Waals surface area contributed by atoms with E-state index in [1.807, 2.05) is 0 Å². The third-order valence-electron chi connectivity index (χ3n) is 8.22. The van der Waals surface area contributed by atoms with Crippen LogP contribution < -0.4 is 15.6 Å². The molecule has 0 unspecified atom stereocenters. The number of hydrogen-bond acceptors (Lipinski definition) is 0. The third-order valence-corrected chi connectivity index (χ3v) is 13.2. The van der Waals surface area contributed by atoms with E-state index in [2.05, 4.69) is 120 Å². The molecule has 0 saturated heterocycles. The number of aryl methyl sites for hydroxylation is 6. The normalized spacial score (nSPS) is 13.6. The van der Waals surface area contributed by atoms with Gasteiger partial charge in [0.2, 0.25) is 0 Å². The molecule has 0 radical (unpaired) electrons. The fraction of sp³-hybridized carbons (Fsp3) is 0.371. The van der Waals surface area contributed by atoms with E-state index < -0.39 is 8.07 Å². The van der Waals surface area contributed by atoms with Gasteiger partial charge in [-0.25, -0.2) is 0 Å². The molecule has 0 saturated carbocycles. The number of benzene rings is 3. The Labute approximate surface area is 221 Å². The summed E-state index contributed by atoms with van der Waals surface area (Å²) >= 11 is 0. The van der Waals surface area contributed by atoms with E-state index in [0.717, 1.165) is 38.5 Å². The largest absolute Gasteiger partial charge is 0.158 e. The first-order chi connectivity index (χ1) is 17.5. The van der Waals surface area contributed by atoms with E-state index in [4.69, 9.17) is 0 Å². The van der Waals surface area contributed by atoms with Gasteiger partial charge in [0.25, 0.3) is 0 Å². The molecule has 0 bridgehead atoms. The van der Waals surface area contributed by atoms with Gasteiger partial charge in [0.05, 0.1) is 0 Å². The maximum Gasteiger partial charge on any atom is 0.158 e. The van der Waals surface area contributed by atoms with Crippen LogP contribution in [0.2, 0.25) is 5.54 Å². The minimum absolute atomic E-state index is 0.405. The van der Waals surface area contributed by atoms with Crippen LogP contribution in [-0.4, -0.2) is 8.07 Å². The fourth-order valence-corrected chi connectivity index (χ4v) is 11.4. The summed E-state index contributed by atoms with van der Waals surface area (Å²) in [6.07, 6.45) is 16.0. The van der Waals surface area contributed by atoms with Crippen molar-refractivity contribution in [2.45, 2.75) is 85.6 Å². The molecule has 1 heteroatoms. The Hall–Kier alpha value is -2.64. The molecule has 1 aliphatic carbocycles. The van der Waals surface area contributed by atoms with Crippen molar-refractivity contribution in [3.8, 4) is 0 Å². The molecule has 3 aromatic carbocycles. The summed E-state index contributed by atoms with van der Waals surface area (Å²) in [6.45, 7) is 13.8. The van der Waals surface area contributed by atoms with Gasteiger partial charge >= 0.3 is 0 Å². The molecule has 0 nitrogen and oxygen atoms in total. The number of rotatable bonds is 10. The van der Waals surface area contributed by atoms with Crippen molar-refractivity contribution >= 4 is 23.6 Å². The van der Waals surface area contributed by atoms with Crippen molar-refractivity contribution in [1.82, 2.24) is 0 Å². The SMILES string of the molecule is CCc1cc(CC)cc([Si](c2cc(CC)cc(CC)c2)(c2cc(CC)cc(CC)c2)C2C=CC=C2)c1. The predicted octanol–water partition coefficient (Wildman–Crippen LogP) is 7.03. The highest BCUT2D eigenvalue weighted by Crippen LogP contribution is 2.31. The van der Waals surface area contributed by atoms with Crippen molar-refractivity contribution in [3.05, 3.63) is 112 Å². The summed E-state index contributed by atoms with van der Waals surface area (Å²) in [4.78, 5) is 0. The second-order valence-electron chi connectivity index (χ2n) is 10.3. The smallest absolute Gasteiger partial charge is 0.0793 e. The average Bonchev–Trinajstić information content (AvgIpc) is 3.47. The van der Waals surface area contributed by atoms with Gasteiger partial charge in [0, 0.05) is 5.54 Å². The van der Waals surface area contributed by atoms with Crippen LogP contribution >= 0.6 is 0 Å². The van der Waals surface area contributed by atoms with Crippen molar-refractivity contribution < 1.29 is 0 Å². The summed E-state index contributed by atoms with van der Waals surface area (Å²) in [5.74, 6) is 0. The van der Waals surface area contributed by atoms with Gasteiger partial charge in [-0.15, -0.1) is 0 Å². The van der Waals surface area contributed by atoms with Crippen LogP contribution in [0.5, 0.6) is 0 Å². The Kier molecular flexibility index (Phi) is 8.52. The van der Waals surface area contributed by atoms with Crippen molar-refractivity contribution in [3.63, 3.8) is 0 Å². The minimum atomic E-state index is -2.45. The zero-order valence-corrected chi connectivity index (χ0v) is 24.3. The highest BCUT2D eigenvalue weighted by Gasteiger charge is 2.46. The second-order valence-corrected chi connectivity index (χ2v) is 14.4. The molecular formula is C35H44Si. The number of allylic oxidation sites excluding steroid dienone is 4. The molecule has 0 aromatic heterocycles. The van der Waals surface area contributed by atoms with E-state index in [9.17, 15) is 0 Å². The zero-order valence-electron chi connectivity index (χ0n) is 23.3. The van der Waals surface area contributed by atoms with Crippen LogP contribution in [0.3, 0.4) is 0 Å². The lowest BCUT2D eigenvalue weighted by molar-refractivity contribution is 1.08. The van der Waals surface area contributed by atoms with Gasteiger partial charge in [-0.3, -0.25) is 0 Å². The molecule has 0 heterocycles. The maximum atomic E-state index is 2.57.